The minimum atomic E-state index is -4.98. The first kappa shape index (κ1) is 25.2. The molecule has 0 radical (unpaired) electrons. The van der Waals surface area contributed by atoms with Gasteiger partial charge in [-0.2, -0.15) is 13.2 Å². The van der Waals surface area contributed by atoms with Crippen molar-refractivity contribution >= 4 is 28.5 Å². The zero-order chi connectivity index (χ0) is 27.2. The minimum absolute atomic E-state index is 0.161. The highest BCUT2D eigenvalue weighted by atomic mass is 19.4. The van der Waals surface area contributed by atoms with E-state index in [0.717, 1.165) is 17.7 Å². The molecule has 3 aromatic carbocycles. The molecule has 1 saturated heterocycles. The third kappa shape index (κ3) is 4.55. The Morgan fingerprint density at radius 1 is 1.08 bits per heavy atom. The Kier molecular flexibility index (Phi) is 6.29. The van der Waals surface area contributed by atoms with Crippen molar-refractivity contribution in [3.63, 3.8) is 0 Å². The lowest BCUT2D eigenvalue weighted by molar-refractivity contribution is -0.143. The van der Waals surface area contributed by atoms with Gasteiger partial charge in [-0.05, 0) is 29.8 Å². The van der Waals surface area contributed by atoms with Crippen molar-refractivity contribution in [3.05, 3.63) is 99.6 Å². The van der Waals surface area contributed by atoms with E-state index in [9.17, 15) is 32.3 Å². The van der Waals surface area contributed by atoms with Crippen LogP contribution in [0.3, 0.4) is 0 Å². The number of carboxylic acid groups (broad SMARTS) is 1. The second-order valence-electron chi connectivity index (χ2n) is 9.15. The maximum Gasteiger partial charge on any atom is 0.412 e. The number of alkyl halides is 3. The van der Waals surface area contributed by atoms with Crippen LogP contribution in [0.5, 0.6) is 0 Å². The van der Waals surface area contributed by atoms with E-state index in [0.29, 0.717) is 19.2 Å². The molecule has 2 N–H and O–H groups in total. The van der Waals surface area contributed by atoms with E-state index in [1.165, 1.54) is 29.8 Å². The molecule has 0 bridgehead atoms. The number of benzene rings is 3. The molecule has 1 fully saturated rings. The lowest BCUT2D eigenvalue weighted by Gasteiger charge is -2.41. The van der Waals surface area contributed by atoms with Gasteiger partial charge in [-0.15, -0.1) is 0 Å². The molecule has 1 atom stereocenters. The maximum atomic E-state index is 14.6. The van der Waals surface area contributed by atoms with Crippen LogP contribution in [0, 0.1) is 5.82 Å². The Bertz CT molecular complexity index is 1580. The molecule has 1 aliphatic rings. The summed E-state index contributed by atoms with van der Waals surface area (Å²) in [5.41, 5.74) is -1.23. The number of fused-ring (bicyclic) bond motifs is 1. The van der Waals surface area contributed by atoms with Gasteiger partial charge in [0.05, 0.1) is 16.5 Å². The van der Waals surface area contributed by atoms with E-state index < -0.39 is 35.1 Å². The standard InChI is InChI=1S/C27H22F4N4O3/c1-34-24(36)20-12-17(28)11-19(23(27(29,30)31)32-21-10-6-5-9-18(21)25(37)38)22(20)33-26(34)35-13-16(14-35)15-7-3-2-4-8-15/h2-12,16,23,32H,13-14H2,1H3,(H,37,38). The van der Waals surface area contributed by atoms with Crippen molar-refractivity contribution in [1.29, 1.82) is 0 Å². The largest absolute Gasteiger partial charge is 0.478 e. The second-order valence-corrected chi connectivity index (χ2v) is 9.15. The quantitative estimate of drug-likeness (QED) is 0.341. The first-order valence-corrected chi connectivity index (χ1v) is 11.7. The van der Waals surface area contributed by atoms with Crippen LogP contribution in [0.2, 0.25) is 0 Å². The predicted octanol–water partition coefficient (Wildman–Crippen LogP) is 5.09. The van der Waals surface area contributed by atoms with E-state index in [1.807, 2.05) is 30.3 Å². The molecular formula is C27H22F4N4O3. The molecule has 38 heavy (non-hydrogen) atoms. The van der Waals surface area contributed by atoms with Gasteiger partial charge in [0.15, 0.2) is 6.04 Å². The van der Waals surface area contributed by atoms with Gasteiger partial charge in [-0.1, -0.05) is 42.5 Å². The Labute approximate surface area is 214 Å². The van der Waals surface area contributed by atoms with Crippen molar-refractivity contribution in [2.75, 3.05) is 23.3 Å². The average Bonchev–Trinajstić information content (AvgIpc) is 2.85. The van der Waals surface area contributed by atoms with Gasteiger partial charge in [0.25, 0.3) is 5.56 Å². The first-order valence-electron chi connectivity index (χ1n) is 11.7. The van der Waals surface area contributed by atoms with E-state index in [4.69, 9.17) is 0 Å². The molecule has 1 aromatic heterocycles. The molecule has 4 aromatic rings. The van der Waals surface area contributed by atoms with Crippen LogP contribution in [-0.2, 0) is 7.05 Å². The number of carbonyl (C=O) groups is 1. The molecule has 11 heteroatoms. The van der Waals surface area contributed by atoms with Gasteiger partial charge in [0.1, 0.15) is 5.82 Å². The number of para-hydroxylation sites is 1. The number of aromatic nitrogens is 2. The third-order valence-corrected chi connectivity index (χ3v) is 6.68. The number of rotatable bonds is 6. The number of hydrogen-bond donors (Lipinski definition) is 2. The van der Waals surface area contributed by atoms with Gasteiger partial charge in [-0.3, -0.25) is 9.36 Å². The summed E-state index contributed by atoms with van der Waals surface area (Å²) in [5, 5.41) is 11.3. The van der Waals surface area contributed by atoms with Crippen molar-refractivity contribution in [3.8, 4) is 0 Å². The van der Waals surface area contributed by atoms with Crippen LogP contribution in [0.25, 0.3) is 10.9 Å². The summed E-state index contributed by atoms with van der Waals surface area (Å²) < 4.78 is 59.0. The molecule has 0 aliphatic carbocycles. The SMILES string of the molecule is Cn1c(N2CC(c3ccccc3)C2)nc2c(C(Nc3ccccc3C(=O)O)C(F)(F)F)cc(F)cc2c1=O. The topological polar surface area (TPSA) is 87.5 Å². The fourth-order valence-corrected chi connectivity index (χ4v) is 4.72. The van der Waals surface area contributed by atoms with Crippen LogP contribution in [0.4, 0.5) is 29.2 Å². The van der Waals surface area contributed by atoms with Crippen LogP contribution in [0.1, 0.15) is 33.4 Å². The Morgan fingerprint density at radius 2 is 1.74 bits per heavy atom. The molecule has 1 unspecified atom stereocenters. The average molecular weight is 526 g/mol. The van der Waals surface area contributed by atoms with Crippen LogP contribution in [0.15, 0.2) is 71.5 Å². The summed E-state index contributed by atoms with van der Waals surface area (Å²) in [6.07, 6.45) is -4.98. The number of nitrogens with one attached hydrogen (secondary N) is 1. The first-order chi connectivity index (χ1) is 18.0. The number of anilines is 2. The van der Waals surface area contributed by atoms with E-state index in [1.54, 1.807) is 4.90 Å². The Hall–Kier alpha value is -4.41. The van der Waals surface area contributed by atoms with Crippen molar-refractivity contribution in [2.45, 2.75) is 18.1 Å². The lowest BCUT2D eigenvalue weighted by atomic mass is 9.92. The molecule has 7 nitrogen and oxygen atoms in total. The summed E-state index contributed by atoms with van der Waals surface area (Å²) in [7, 11) is 1.44. The number of aromatic carboxylic acids is 1. The number of carboxylic acids is 1. The zero-order valence-electron chi connectivity index (χ0n) is 20.0. The summed E-state index contributed by atoms with van der Waals surface area (Å²) in [6.45, 7) is 0.999. The maximum absolute atomic E-state index is 14.6. The zero-order valence-corrected chi connectivity index (χ0v) is 20.0. The van der Waals surface area contributed by atoms with E-state index >= 15 is 0 Å². The van der Waals surface area contributed by atoms with Crippen molar-refractivity contribution in [2.24, 2.45) is 7.05 Å². The normalized spacial score (nSPS) is 14.8. The highest BCUT2D eigenvalue weighted by molar-refractivity contribution is 5.94. The lowest BCUT2D eigenvalue weighted by Crippen LogP contribution is -2.47. The number of hydrogen-bond acceptors (Lipinski definition) is 5. The van der Waals surface area contributed by atoms with Gasteiger partial charge in [0.2, 0.25) is 5.95 Å². The van der Waals surface area contributed by atoms with Crippen LogP contribution >= 0.6 is 0 Å². The second kappa shape index (κ2) is 9.47. The smallest absolute Gasteiger partial charge is 0.412 e. The number of halogens is 4. The fraction of sp³-hybridized carbons (Fsp3) is 0.222. The number of nitrogens with zero attached hydrogens (tertiary/aromatic N) is 3. The van der Waals surface area contributed by atoms with Gasteiger partial charge in [0, 0.05) is 37.3 Å². The Morgan fingerprint density at radius 3 is 2.39 bits per heavy atom. The highest BCUT2D eigenvalue weighted by Crippen LogP contribution is 2.40. The molecule has 5 rings (SSSR count). The molecule has 0 saturated carbocycles. The summed E-state index contributed by atoms with van der Waals surface area (Å²) in [4.78, 5) is 31.0. The summed E-state index contributed by atoms with van der Waals surface area (Å²) in [6, 6.07) is 13.8. The van der Waals surface area contributed by atoms with Crippen LogP contribution in [-0.4, -0.2) is 39.9 Å². The predicted molar refractivity (Wildman–Crippen MR) is 134 cm³/mol. The molecule has 1 aliphatic heterocycles. The van der Waals surface area contributed by atoms with Gasteiger partial charge in [-0.25, -0.2) is 14.2 Å². The molecule has 2 heterocycles. The summed E-state index contributed by atoms with van der Waals surface area (Å²) >= 11 is 0. The molecule has 0 spiro atoms. The van der Waals surface area contributed by atoms with Crippen molar-refractivity contribution < 1.29 is 27.5 Å². The summed E-state index contributed by atoms with van der Waals surface area (Å²) in [5.74, 6) is -2.16. The monoisotopic (exact) mass is 526 g/mol. The highest BCUT2D eigenvalue weighted by Gasteiger charge is 2.43. The molecule has 196 valence electrons. The Balaban J connectivity index is 1.61. The van der Waals surface area contributed by atoms with Gasteiger partial charge < -0.3 is 15.3 Å². The van der Waals surface area contributed by atoms with Gasteiger partial charge >= 0.3 is 12.1 Å². The van der Waals surface area contributed by atoms with Crippen molar-refractivity contribution in [1.82, 2.24) is 9.55 Å². The molecule has 0 amide bonds. The minimum Gasteiger partial charge on any atom is -0.478 e. The fourth-order valence-electron chi connectivity index (χ4n) is 4.72. The van der Waals surface area contributed by atoms with E-state index in [-0.39, 0.29) is 34.0 Å². The van der Waals surface area contributed by atoms with Crippen LogP contribution < -0.4 is 15.8 Å². The molecular weight excluding hydrogens is 504 g/mol. The third-order valence-electron chi connectivity index (χ3n) is 6.68. The van der Waals surface area contributed by atoms with E-state index in [2.05, 4.69) is 10.3 Å².